The van der Waals surface area contributed by atoms with E-state index in [4.69, 9.17) is 0 Å². The molecule has 2 atom stereocenters. The molecule has 0 radical (unpaired) electrons. The zero-order valence-corrected chi connectivity index (χ0v) is 12.9. The third-order valence-corrected chi connectivity index (χ3v) is 4.51. The molecule has 3 nitrogen and oxygen atoms in total. The van der Waals surface area contributed by atoms with Crippen molar-refractivity contribution < 1.29 is 0 Å². The SMILES string of the molecule is CC(C)n1cc([C@@H](C)NC[C@@H](C)c2cccs2)cn1. The minimum absolute atomic E-state index is 0.343. The summed E-state index contributed by atoms with van der Waals surface area (Å²) in [5.41, 5.74) is 1.26. The van der Waals surface area contributed by atoms with Gasteiger partial charge >= 0.3 is 0 Å². The molecule has 2 heterocycles. The average Bonchev–Trinajstić information content (AvgIpc) is 3.05. The lowest BCUT2D eigenvalue weighted by molar-refractivity contribution is 0.524. The van der Waals surface area contributed by atoms with Gasteiger partial charge < -0.3 is 5.32 Å². The Labute approximate surface area is 119 Å². The van der Waals surface area contributed by atoms with Crippen LogP contribution in [-0.2, 0) is 0 Å². The molecule has 0 spiro atoms. The Morgan fingerprint density at radius 3 is 2.68 bits per heavy atom. The zero-order valence-electron chi connectivity index (χ0n) is 12.1. The van der Waals surface area contributed by atoms with Crippen molar-refractivity contribution in [2.45, 2.75) is 45.7 Å². The highest BCUT2D eigenvalue weighted by Crippen LogP contribution is 2.21. The second-order valence-corrected chi connectivity index (χ2v) is 6.37. The molecule has 0 bridgehead atoms. The van der Waals surface area contributed by atoms with Gasteiger partial charge in [-0.15, -0.1) is 11.3 Å². The van der Waals surface area contributed by atoms with Crippen LogP contribution in [0.1, 0.15) is 56.1 Å². The van der Waals surface area contributed by atoms with Gasteiger partial charge in [-0.3, -0.25) is 4.68 Å². The van der Waals surface area contributed by atoms with Crippen LogP contribution in [0.4, 0.5) is 0 Å². The molecule has 0 aliphatic carbocycles. The molecule has 19 heavy (non-hydrogen) atoms. The molecule has 0 saturated carbocycles. The van der Waals surface area contributed by atoms with Crippen LogP contribution in [0.3, 0.4) is 0 Å². The van der Waals surface area contributed by atoms with Crippen LogP contribution in [0.5, 0.6) is 0 Å². The summed E-state index contributed by atoms with van der Waals surface area (Å²) in [7, 11) is 0. The van der Waals surface area contributed by atoms with Crippen LogP contribution >= 0.6 is 11.3 Å². The van der Waals surface area contributed by atoms with Crippen molar-refractivity contribution in [3.63, 3.8) is 0 Å². The largest absolute Gasteiger partial charge is 0.309 e. The van der Waals surface area contributed by atoms with Crippen LogP contribution in [0.25, 0.3) is 0 Å². The third-order valence-electron chi connectivity index (χ3n) is 3.41. The Morgan fingerprint density at radius 2 is 2.11 bits per heavy atom. The van der Waals surface area contributed by atoms with Gasteiger partial charge in [-0.1, -0.05) is 13.0 Å². The van der Waals surface area contributed by atoms with E-state index in [2.05, 4.69) is 61.8 Å². The summed E-state index contributed by atoms with van der Waals surface area (Å²) in [6, 6.07) is 5.09. The molecule has 2 aromatic rings. The van der Waals surface area contributed by atoms with E-state index in [9.17, 15) is 0 Å². The minimum Gasteiger partial charge on any atom is -0.309 e. The number of aromatic nitrogens is 2. The molecule has 0 aromatic carbocycles. The third kappa shape index (κ3) is 3.67. The van der Waals surface area contributed by atoms with Gasteiger partial charge in [0.15, 0.2) is 0 Å². The summed E-state index contributed by atoms with van der Waals surface area (Å²) in [5, 5.41) is 10.1. The molecule has 2 rings (SSSR count). The molecule has 0 fully saturated rings. The highest BCUT2D eigenvalue weighted by atomic mass is 32.1. The van der Waals surface area contributed by atoms with Crippen molar-refractivity contribution in [1.29, 1.82) is 0 Å². The maximum Gasteiger partial charge on any atom is 0.0537 e. The second-order valence-electron chi connectivity index (χ2n) is 5.39. The van der Waals surface area contributed by atoms with E-state index in [1.54, 1.807) is 0 Å². The lowest BCUT2D eigenvalue weighted by Gasteiger charge is -2.16. The van der Waals surface area contributed by atoms with Gasteiger partial charge in [0, 0.05) is 41.2 Å². The fourth-order valence-electron chi connectivity index (χ4n) is 2.00. The van der Waals surface area contributed by atoms with Gasteiger partial charge in [-0.2, -0.15) is 5.10 Å². The lowest BCUT2D eigenvalue weighted by Crippen LogP contribution is -2.23. The van der Waals surface area contributed by atoms with Gasteiger partial charge in [-0.05, 0) is 32.2 Å². The average molecular weight is 277 g/mol. The lowest BCUT2D eigenvalue weighted by atomic mass is 10.1. The number of rotatable bonds is 6. The quantitative estimate of drug-likeness (QED) is 0.865. The van der Waals surface area contributed by atoms with E-state index in [1.165, 1.54) is 10.4 Å². The monoisotopic (exact) mass is 277 g/mol. The molecule has 2 aromatic heterocycles. The summed E-state index contributed by atoms with van der Waals surface area (Å²) < 4.78 is 2.01. The van der Waals surface area contributed by atoms with E-state index >= 15 is 0 Å². The van der Waals surface area contributed by atoms with Crippen LogP contribution in [-0.4, -0.2) is 16.3 Å². The van der Waals surface area contributed by atoms with Crippen molar-refractivity contribution >= 4 is 11.3 Å². The topological polar surface area (TPSA) is 29.9 Å². The van der Waals surface area contributed by atoms with Crippen molar-refractivity contribution in [3.05, 3.63) is 40.3 Å². The molecular formula is C15H23N3S. The maximum absolute atomic E-state index is 4.39. The highest BCUT2D eigenvalue weighted by molar-refractivity contribution is 7.10. The van der Waals surface area contributed by atoms with E-state index in [0.29, 0.717) is 18.0 Å². The van der Waals surface area contributed by atoms with Gasteiger partial charge in [0.2, 0.25) is 0 Å². The Bertz CT molecular complexity index is 487. The van der Waals surface area contributed by atoms with E-state index in [1.807, 2.05) is 22.2 Å². The van der Waals surface area contributed by atoms with Crippen LogP contribution < -0.4 is 5.32 Å². The van der Waals surface area contributed by atoms with E-state index in [0.717, 1.165) is 6.54 Å². The summed E-state index contributed by atoms with van der Waals surface area (Å²) >= 11 is 1.83. The Kier molecular flexibility index (Phi) is 4.77. The van der Waals surface area contributed by atoms with Crippen LogP contribution in [0.2, 0.25) is 0 Å². The highest BCUT2D eigenvalue weighted by Gasteiger charge is 2.12. The number of nitrogens with one attached hydrogen (secondary N) is 1. The maximum atomic E-state index is 4.39. The number of hydrogen-bond donors (Lipinski definition) is 1. The predicted octanol–water partition coefficient (Wildman–Crippen LogP) is 3.98. The number of thiophene rings is 1. The molecule has 0 unspecified atom stereocenters. The van der Waals surface area contributed by atoms with Crippen molar-refractivity contribution in [2.75, 3.05) is 6.54 Å². The van der Waals surface area contributed by atoms with Gasteiger partial charge in [0.1, 0.15) is 0 Å². The number of nitrogens with zero attached hydrogens (tertiary/aromatic N) is 2. The molecular weight excluding hydrogens is 254 g/mol. The Morgan fingerprint density at radius 1 is 1.32 bits per heavy atom. The second kappa shape index (κ2) is 6.35. The molecule has 0 aliphatic heterocycles. The molecule has 1 N–H and O–H groups in total. The molecule has 104 valence electrons. The van der Waals surface area contributed by atoms with Crippen molar-refractivity contribution in [2.24, 2.45) is 0 Å². The smallest absolute Gasteiger partial charge is 0.0537 e. The first kappa shape index (κ1) is 14.3. The first-order valence-corrected chi connectivity index (χ1v) is 7.76. The normalized spacial score (nSPS) is 14.8. The molecule has 0 aliphatic rings. The number of hydrogen-bond acceptors (Lipinski definition) is 3. The molecule has 0 saturated heterocycles. The van der Waals surface area contributed by atoms with E-state index < -0.39 is 0 Å². The summed E-state index contributed by atoms with van der Waals surface area (Å²) in [6.45, 7) is 9.75. The fraction of sp³-hybridized carbons (Fsp3) is 0.533. The fourth-order valence-corrected chi connectivity index (χ4v) is 2.79. The summed E-state index contributed by atoms with van der Waals surface area (Å²) in [4.78, 5) is 1.44. The van der Waals surface area contributed by atoms with Crippen molar-refractivity contribution in [1.82, 2.24) is 15.1 Å². The first-order valence-electron chi connectivity index (χ1n) is 6.88. The van der Waals surface area contributed by atoms with Crippen LogP contribution in [0, 0.1) is 0 Å². The van der Waals surface area contributed by atoms with E-state index in [-0.39, 0.29) is 0 Å². The first-order chi connectivity index (χ1) is 9.08. The van der Waals surface area contributed by atoms with Gasteiger partial charge in [-0.25, -0.2) is 0 Å². The molecule has 4 heteroatoms. The van der Waals surface area contributed by atoms with Crippen LogP contribution in [0.15, 0.2) is 29.9 Å². The summed E-state index contributed by atoms with van der Waals surface area (Å²) in [6.07, 6.45) is 4.10. The summed E-state index contributed by atoms with van der Waals surface area (Å²) in [5.74, 6) is 0.558. The standard InChI is InChI=1S/C15H23N3S/c1-11(2)18-10-14(9-17-18)13(4)16-8-12(3)15-6-5-7-19-15/h5-7,9-13,16H,8H2,1-4H3/t12-,13-/m1/s1. The predicted molar refractivity (Wildman–Crippen MR) is 81.8 cm³/mol. The molecule has 0 amide bonds. The van der Waals surface area contributed by atoms with Gasteiger partial charge in [0.05, 0.1) is 6.20 Å². The Hall–Kier alpha value is -1.13. The Balaban J connectivity index is 1.88. The zero-order chi connectivity index (χ0) is 13.8. The van der Waals surface area contributed by atoms with Crippen molar-refractivity contribution in [3.8, 4) is 0 Å². The minimum atomic E-state index is 0.343. The van der Waals surface area contributed by atoms with Gasteiger partial charge in [0.25, 0.3) is 0 Å².